The first-order chi connectivity index (χ1) is 8.14. The van der Waals surface area contributed by atoms with Crippen molar-refractivity contribution >= 4 is 23.2 Å². The van der Waals surface area contributed by atoms with Crippen LogP contribution in [0.15, 0.2) is 0 Å². The van der Waals surface area contributed by atoms with E-state index in [-0.39, 0.29) is 5.38 Å². The Labute approximate surface area is 117 Å². The Morgan fingerprint density at radius 1 is 0.941 bits per heavy atom. The molecule has 0 spiro atoms. The molecule has 0 aliphatic heterocycles. The van der Waals surface area contributed by atoms with E-state index in [0.29, 0.717) is 11.9 Å². The van der Waals surface area contributed by atoms with Crippen molar-refractivity contribution in [1.29, 1.82) is 0 Å². The third-order valence-corrected chi connectivity index (χ3v) is 4.30. The molecule has 17 heavy (non-hydrogen) atoms. The fraction of sp³-hybridized carbons (Fsp3) is 1.00. The lowest BCUT2D eigenvalue weighted by molar-refractivity contribution is 0.212. The van der Waals surface area contributed by atoms with E-state index < -0.39 is 0 Å². The van der Waals surface area contributed by atoms with E-state index in [0.717, 1.165) is 39.1 Å². The number of rotatable bonds is 10. The van der Waals surface area contributed by atoms with Crippen molar-refractivity contribution < 1.29 is 0 Å². The van der Waals surface area contributed by atoms with Gasteiger partial charge in [0, 0.05) is 11.9 Å². The van der Waals surface area contributed by atoms with Crippen molar-refractivity contribution in [3.05, 3.63) is 0 Å². The first kappa shape index (κ1) is 17.5. The highest BCUT2D eigenvalue weighted by Gasteiger charge is 2.23. The number of nitrogens with zero attached hydrogens (tertiary/aromatic N) is 2. The van der Waals surface area contributed by atoms with Crippen LogP contribution in [0.5, 0.6) is 0 Å². The minimum atomic E-state index is 0.146. The molecule has 0 aromatic rings. The van der Waals surface area contributed by atoms with Crippen LogP contribution in [0.4, 0.5) is 0 Å². The quantitative estimate of drug-likeness (QED) is 0.568. The lowest BCUT2D eigenvalue weighted by atomic mass is 10.1. The summed E-state index contributed by atoms with van der Waals surface area (Å²) >= 11 is 12.6. The SMILES string of the molecule is CCN(CC)CCC(Cl)C(CCl)N(CC)CC. The molecule has 0 fully saturated rings. The highest BCUT2D eigenvalue weighted by atomic mass is 35.5. The zero-order chi connectivity index (χ0) is 13.3. The summed E-state index contributed by atoms with van der Waals surface area (Å²) in [5.41, 5.74) is 0. The average Bonchev–Trinajstić information content (AvgIpc) is 2.36. The second-order valence-corrected chi connectivity index (χ2v) is 5.14. The molecule has 0 bridgehead atoms. The van der Waals surface area contributed by atoms with Gasteiger partial charge in [0.05, 0.1) is 5.38 Å². The molecule has 0 saturated carbocycles. The second kappa shape index (κ2) is 10.4. The van der Waals surface area contributed by atoms with E-state index >= 15 is 0 Å². The molecule has 0 aliphatic rings. The van der Waals surface area contributed by atoms with Crippen LogP contribution in [0.1, 0.15) is 34.1 Å². The van der Waals surface area contributed by atoms with Crippen LogP contribution in [0.2, 0.25) is 0 Å². The second-order valence-electron chi connectivity index (χ2n) is 4.27. The Bertz CT molecular complexity index is 171. The first-order valence-electron chi connectivity index (χ1n) is 6.80. The van der Waals surface area contributed by atoms with Gasteiger partial charge in [-0.1, -0.05) is 27.7 Å². The molecule has 0 aromatic carbocycles. The summed E-state index contributed by atoms with van der Waals surface area (Å²) in [6.45, 7) is 14.0. The van der Waals surface area contributed by atoms with Crippen LogP contribution >= 0.6 is 23.2 Å². The van der Waals surface area contributed by atoms with Crippen molar-refractivity contribution in [3.8, 4) is 0 Å². The average molecular weight is 283 g/mol. The molecule has 104 valence electrons. The van der Waals surface area contributed by atoms with Gasteiger partial charge in [0.1, 0.15) is 0 Å². The number of alkyl halides is 2. The van der Waals surface area contributed by atoms with Gasteiger partial charge < -0.3 is 4.90 Å². The molecule has 0 aliphatic carbocycles. The van der Waals surface area contributed by atoms with Gasteiger partial charge in [-0.3, -0.25) is 4.90 Å². The zero-order valence-electron chi connectivity index (χ0n) is 11.8. The summed E-state index contributed by atoms with van der Waals surface area (Å²) in [5.74, 6) is 0.619. The van der Waals surface area contributed by atoms with E-state index in [1.165, 1.54) is 0 Å². The maximum Gasteiger partial charge on any atom is 0.0515 e. The number of halogens is 2. The molecular formula is C13H28Cl2N2. The normalized spacial score (nSPS) is 15.5. The van der Waals surface area contributed by atoms with Crippen molar-refractivity contribution in [2.75, 3.05) is 38.6 Å². The summed E-state index contributed by atoms with van der Waals surface area (Å²) in [5, 5.41) is 0.146. The Balaban J connectivity index is 4.19. The fourth-order valence-corrected chi connectivity index (χ4v) is 3.00. The van der Waals surface area contributed by atoms with Crippen molar-refractivity contribution in [3.63, 3.8) is 0 Å². The minimum Gasteiger partial charge on any atom is -0.304 e. The van der Waals surface area contributed by atoms with Gasteiger partial charge in [-0.25, -0.2) is 0 Å². The summed E-state index contributed by atoms with van der Waals surface area (Å²) in [4.78, 5) is 4.76. The van der Waals surface area contributed by atoms with Crippen LogP contribution in [0.25, 0.3) is 0 Å². The Morgan fingerprint density at radius 3 is 1.82 bits per heavy atom. The maximum absolute atomic E-state index is 6.50. The van der Waals surface area contributed by atoms with Gasteiger partial charge in [-0.2, -0.15) is 0 Å². The summed E-state index contributed by atoms with van der Waals surface area (Å²) < 4.78 is 0. The smallest absolute Gasteiger partial charge is 0.0515 e. The van der Waals surface area contributed by atoms with Crippen molar-refractivity contribution in [2.45, 2.75) is 45.5 Å². The van der Waals surface area contributed by atoms with E-state index in [4.69, 9.17) is 23.2 Å². The predicted octanol–water partition coefficient (Wildman–Crippen LogP) is 3.27. The van der Waals surface area contributed by atoms with E-state index in [1.54, 1.807) is 0 Å². The molecule has 2 nitrogen and oxygen atoms in total. The molecule has 0 N–H and O–H groups in total. The van der Waals surface area contributed by atoms with Crippen LogP contribution in [-0.4, -0.2) is 59.8 Å². The van der Waals surface area contributed by atoms with E-state index in [1.807, 2.05) is 0 Å². The summed E-state index contributed by atoms with van der Waals surface area (Å²) in [6.07, 6.45) is 1.01. The van der Waals surface area contributed by atoms with E-state index in [2.05, 4.69) is 37.5 Å². The van der Waals surface area contributed by atoms with Gasteiger partial charge >= 0.3 is 0 Å². The molecular weight excluding hydrogens is 255 g/mol. The van der Waals surface area contributed by atoms with Gasteiger partial charge in [0.15, 0.2) is 0 Å². The van der Waals surface area contributed by atoms with Crippen molar-refractivity contribution in [1.82, 2.24) is 9.80 Å². The van der Waals surface area contributed by atoms with Gasteiger partial charge in [0.25, 0.3) is 0 Å². The highest BCUT2D eigenvalue weighted by molar-refractivity contribution is 6.23. The lowest BCUT2D eigenvalue weighted by Crippen LogP contribution is -2.43. The Morgan fingerprint density at radius 2 is 1.47 bits per heavy atom. The predicted molar refractivity (Wildman–Crippen MR) is 79.5 cm³/mol. The van der Waals surface area contributed by atoms with E-state index in [9.17, 15) is 0 Å². The number of hydrogen-bond donors (Lipinski definition) is 0. The third kappa shape index (κ3) is 6.28. The van der Waals surface area contributed by atoms with Crippen LogP contribution < -0.4 is 0 Å². The monoisotopic (exact) mass is 282 g/mol. The standard InChI is InChI=1S/C13H28Cl2N2/c1-5-16(6-2)10-9-12(15)13(11-14)17(7-3)8-4/h12-13H,5-11H2,1-4H3. The number of hydrogen-bond acceptors (Lipinski definition) is 2. The van der Waals surface area contributed by atoms with Crippen LogP contribution in [-0.2, 0) is 0 Å². The molecule has 0 aromatic heterocycles. The topological polar surface area (TPSA) is 6.48 Å². The molecule has 2 unspecified atom stereocenters. The molecule has 0 saturated heterocycles. The van der Waals surface area contributed by atoms with Crippen LogP contribution in [0, 0.1) is 0 Å². The van der Waals surface area contributed by atoms with Gasteiger partial charge in [-0.05, 0) is 39.1 Å². The molecule has 4 heteroatoms. The molecule has 0 heterocycles. The summed E-state index contributed by atoms with van der Waals surface area (Å²) in [6, 6.07) is 0.295. The first-order valence-corrected chi connectivity index (χ1v) is 7.77. The molecule has 0 radical (unpaired) electrons. The largest absolute Gasteiger partial charge is 0.304 e. The van der Waals surface area contributed by atoms with Gasteiger partial charge in [0.2, 0.25) is 0 Å². The molecule has 0 rings (SSSR count). The molecule has 0 amide bonds. The lowest BCUT2D eigenvalue weighted by Gasteiger charge is -2.32. The maximum atomic E-state index is 6.50. The Kier molecular flexibility index (Phi) is 10.7. The highest BCUT2D eigenvalue weighted by Crippen LogP contribution is 2.16. The fourth-order valence-electron chi connectivity index (χ4n) is 2.15. The Hall–Kier alpha value is 0.500. The minimum absolute atomic E-state index is 0.146. The third-order valence-electron chi connectivity index (χ3n) is 3.47. The van der Waals surface area contributed by atoms with Gasteiger partial charge in [-0.15, -0.1) is 23.2 Å². The molecule has 2 atom stereocenters. The zero-order valence-corrected chi connectivity index (χ0v) is 13.3. The summed E-state index contributed by atoms with van der Waals surface area (Å²) in [7, 11) is 0. The van der Waals surface area contributed by atoms with Crippen LogP contribution in [0.3, 0.4) is 0 Å². The van der Waals surface area contributed by atoms with Crippen molar-refractivity contribution in [2.24, 2.45) is 0 Å².